The molecule has 1 aromatic carbocycles. The molecule has 1 fully saturated rings. The molecule has 0 saturated carbocycles. The van der Waals surface area contributed by atoms with Crippen LogP contribution in [-0.4, -0.2) is 59.7 Å². The summed E-state index contributed by atoms with van der Waals surface area (Å²) < 4.78 is 27.7. The maximum Gasteiger partial charge on any atom is 0.276 e. The maximum atomic E-state index is 13.1. The smallest absolute Gasteiger partial charge is 0.276 e. The average Bonchev–Trinajstić information content (AvgIpc) is 2.60. The lowest BCUT2D eigenvalue weighted by atomic mass is 10.1. The molecule has 1 aliphatic rings. The number of nitrogens with two attached hydrogens (primary N) is 1. The molecule has 1 aliphatic heterocycles. The minimum Gasteiger partial charge on any atom is -0.382 e. The second-order valence-corrected chi connectivity index (χ2v) is 8.59. The summed E-state index contributed by atoms with van der Waals surface area (Å²) >= 11 is 0. The molecular formula is C18H23N5O3S. The molecule has 1 aromatic heterocycles. The van der Waals surface area contributed by atoms with Crippen LogP contribution in [0.25, 0.3) is 0 Å². The van der Waals surface area contributed by atoms with Crippen molar-refractivity contribution in [2.75, 3.05) is 31.9 Å². The normalized spacial score (nSPS) is 15.7. The number of anilines is 1. The lowest BCUT2D eigenvalue weighted by Crippen LogP contribution is -2.50. The third-order valence-corrected chi connectivity index (χ3v) is 6.86. The average molecular weight is 389 g/mol. The fourth-order valence-corrected chi connectivity index (χ4v) is 5.33. The molecule has 0 radical (unpaired) electrons. The second-order valence-electron chi connectivity index (χ2n) is 6.71. The monoisotopic (exact) mass is 389 g/mol. The number of benzene rings is 1. The number of aryl methyl sites for hydroxylation is 3. The van der Waals surface area contributed by atoms with Gasteiger partial charge in [0.1, 0.15) is 0 Å². The first-order valence-electron chi connectivity index (χ1n) is 8.65. The molecule has 0 aliphatic carbocycles. The first kappa shape index (κ1) is 19.2. The Morgan fingerprint density at radius 2 is 1.56 bits per heavy atom. The number of carbonyl (C=O) groups is 1. The number of sulfonamides is 1. The van der Waals surface area contributed by atoms with Gasteiger partial charge in [0.25, 0.3) is 5.91 Å². The van der Waals surface area contributed by atoms with Gasteiger partial charge in [-0.25, -0.2) is 18.4 Å². The molecule has 0 atom stereocenters. The van der Waals surface area contributed by atoms with Gasteiger partial charge < -0.3 is 10.6 Å². The van der Waals surface area contributed by atoms with Gasteiger partial charge in [0.2, 0.25) is 10.0 Å². The maximum absolute atomic E-state index is 13.1. The fourth-order valence-electron chi connectivity index (χ4n) is 3.50. The zero-order chi connectivity index (χ0) is 19.8. The number of nitrogens with zero attached hydrogens (tertiary/aromatic N) is 4. The van der Waals surface area contributed by atoms with Crippen molar-refractivity contribution in [2.24, 2.45) is 0 Å². The predicted molar refractivity (Wildman–Crippen MR) is 102 cm³/mol. The van der Waals surface area contributed by atoms with Crippen LogP contribution in [0.1, 0.15) is 27.2 Å². The van der Waals surface area contributed by atoms with Crippen LogP contribution in [-0.2, 0) is 10.0 Å². The summed E-state index contributed by atoms with van der Waals surface area (Å²) in [4.78, 5) is 22.3. The van der Waals surface area contributed by atoms with E-state index in [9.17, 15) is 13.2 Å². The van der Waals surface area contributed by atoms with Gasteiger partial charge in [0, 0.05) is 38.6 Å². The van der Waals surface area contributed by atoms with Crippen LogP contribution < -0.4 is 5.73 Å². The Kier molecular flexibility index (Phi) is 5.16. The summed E-state index contributed by atoms with van der Waals surface area (Å²) in [5.74, 6) is -0.260. The van der Waals surface area contributed by atoms with E-state index in [0.29, 0.717) is 4.90 Å². The van der Waals surface area contributed by atoms with E-state index < -0.39 is 10.0 Å². The molecule has 1 amide bonds. The molecule has 0 spiro atoms. The van der Waals surface area contributed by atoms with E-state index in [1.165, 1.54) is 16.7 Å². The zero-order valence-corrected chi connectivity index (χ0v) is 16.5. The number of amides is 1. The van der Waals surface area contributed by atoms with Gasteiger partial charge in [-0.15, -0.1) is 0 Å². The molecule has 2 N–H and O–H groups in total. The molecule has 2 heterocycles. The van der Waals surface area contributed by atoms with Gasteiger partial charge >= 0.3 is 0 Å². The number of piperazine rings is 1. The number of hydrogen-bond acceptors (Lipinski definition) is 6. The van der Waals surface area contributed by atoms with Crippen LogP contribution >= 0.6 is 0 Å². The van der Waals surface area contributed by atoms with Crippen LogP contribution in [0.4, 0.5) is 5.82 Å². The van der Waals surface area contributed by atoms with Crippen molar-refractivity contribution in [3.05, 3.63) is 46.9 Å². The lowest BCUT2D eigenvalue weighted by Gasteiger charge is -2.34. The van der Waals surface area contributed by atoms with E-state index in [1.54, 1.807) is 4.90 Å². The molecule has 9 heteroatoms. The molecule has 0 bridgehead atoms. The number of hydrogen-bond donors (Lipinski definition) is 1. The number of aromatic nitrogens is 2. The van der Waals surface area contributed by atoms with E-state index in [1.807, 2.05) is 32.9 Å². The first-order valence-corrected chi connectivity index (χ1v) is 10.1. The van der Waals surface area contributed by atoms with Crippen molar-refractivity contribution in [3.8, 4) is 0 Å². The van der Waals surface area contributed by atoms with E-state index in [2.05, 4.69) is 9.97 Å². The minimum absolute atomic E-state index is 0.0726. The highest BCUT2D eigenvalue weighted by molar-refractivity contribution is 7.89. The molecule has 8 nitrogen and oxygen atoms in total. The zero-order valence-electron chi connectivity index (χ0n) is 15.6. The Bertz CT molecular complexity index is 959. The summed E-state index contributed by atoms with van der Waals surface area (Å²) in [7, 11) is -3.62. The van der Waals surface area contributed by atoms with Crippen LogP contribution in [0.3, 0.4) is 0 Å². The summed E-state index contributed by atoms with van der Waals surface area (Å²) in [6.07, 6.45) is 2.83. The lowest BCUT2D eigenvalue weighted by molar-refractivity contribution is 0.0692. The predicted octanol–water partition coefficient (Wildman–Crippen LogP) is 1.13. The van der Waals surface area contributed by atoms with Crippen molar-refractivity contribution in [1.29, 1.82) is 0 Å². The summed E-state index contributed by atoms with van der Waals surface area (Å²) in [5, 5.41) is 0. The number of nitrogen functional groups attached to an aromatic ring is 1. The minimum atomic E-state index is -3.62. The van der Waals surface area contributed by atoms with Gasteiger partial charge in [0.15, 0.2) is 11.5 Å². The highest BCUT2D eigenvalue weighted by Gasteiger charge is 2.33. The Morgan fingerprint density at radius 1 is 1.00 bits per heavy atom. The Labute approximate surface area is 159 Å². The Hall–Kier alpha value is -2.52. The summed E-state index contributed by atoms with van der Waals surface area (Å²) in [5.41, 5.74) is 8.31. The number of rotatable bonds is 3. The van der Waals surface area contributed by atoms with E-state index in [0.717, 1.165) is 16.7 Å². The number of carbonyl (C=O) groups excluding carboxylic acids is 1. The third-order valence-electron chi connectivity index (χ3n) is 4.66. The highest BCUT2D eigenvalue weighted by atomic mass is 32.2. The van der Waals surface area contributed by atoms with Gasteiger partial charge in [-0.05, 0) is 31.9 Å². The Morgan fingerprint density at radius 3 is 2.11 bits per heavy atom. The van der Waals surface area contributed by atoms with E-state index in [-0.39, 0.29) is 43.6 Å². The van der Waals surface area contributed by atoms with Crippen LogP contribution in [0.5, 0.6) is 0 Å². The molecule has 1 saturated heterocycles. The van der Waals surface area contributed by atoms with Crippen molar-refractivity contribution in [3.63, 3.8) is 0 Å². The van der Waals surface area contributed by atoms with Gasteiger partial charge in [-0.2, -0.15) is 4.31 Å². The first-order chi connectivity index (χ1) is 12.7. The van der Waals surface area contributed by atoms with Crippen LogP contribution in [0, 0.1) is 20.8 Å². The molecule has 2 aromatic rings. The van der Waals surface area contributed by atoms with Crippen molar-refractivity contribution >= 4 is 21.7 Å². The van der Waals surface area contributed by atoms with E-state index in [4.69, 9.17) is 5.73 Å². The van der Waals surface area contributed by atoms with Crippen molar-refractivity contribution < 1.29 is 13.2 Å². The molecular weight excluding hydrogens is 366 g/mol. The largest absolute Gasteiger partial charge is 0.382 e. The van der Waals surface area contributed by atoms with E-state index >= 15 is 0 Å². The molecule has 0 unspecified atom stereocenters. The SMILES string of the molecule is Cc1cc(C)c(S(=O)(=O)N2CCN(C(=O)c3nccnc3N)CC2)c(C)c1. The Balaban J connectivity index is 1.78. The summed E-state index contributed by atoms with van der Waals surface area (Å²) in [6, 6.07) is 3.74. The standard InChI is InChI=1S/C18H23N5O3S/c1-12-10-13(2)16(14(3)11-12)27(25,26)23-8-6-22(7-9-23)18(24)15-17(19)21-5-4-20-15/h4-5,10-11H,6-9H2,1-3H3,(H2,19,21). The topological polar surface area (TPSA) is 109 Å². The van der Waals surface area contributed by atoms with Gasteiger partial charge in [0.05, 0.1) is 4.90 Å². The van der Waals surface area contributed by atoms with Gasteiger partial charge in [-0.1, -0.05) is 17.7 Å². The van der Waals surface area contributed by atoms with Crippen molar-refractivity contribution in [2.45, 2.75) is 25.7 Å². The van der Waals surface area contributed by atoms with Crippen LogP contribution in [0.2, 0.25) is 0 Å². The quantitative estimate of drug-likeness (QED) is 0.843. The third kappa shape index (κ3) is 3.65. The highest BCUT2D eigenvalue weighted by Crippen LogP contribution is 2.26. The summed E-state index contributed by atoms with van der Waals surface area (Å²) in [6.45, 7) is 6.56. The van der Waals surface area contributed by atoms with Gasteiger partial charge in [-0.3, -0.25) is 4.79 Å². The second kappa shape index (κ2) is 7.24. The molecule has 3 rings (SSSR count). The van der Waals surface area contributed by atoms with Crippen molar-refractivity contribution in [1.82, 2.24) is 19.2 Å². The van der Waals surface area contributed by atoms with Crippen LogP contribution in [0.15, 0.2) is 29.4 Å². The molecule has 144 valence electrons. The fraction of sp³-hybridized carbons (Fsp3) is 0.389. The molecule has 27 heavy (non-hydrogen) atoms.